The second-order valence-electron chi connectivity index (χ2n) is 6.39. The third-order valence-corrected chi connectivity index (χ3v) is 3.88. The number of nitrogens with one attached hydrogen (secondary N) is 1. The molecule has 0 bridgehead atoms. The molecule has 0 fully saturated rings. The van der Waals surface area contributed by atoms with Crippen molar-refractivity contribution in [1.82, 2.24) is 10.3 Å². The highest BCUT2D eigenvalue weighted by molar-refractivity contribution is 6.04. The Kier molecular flexibility index (Phi) is 9.14. The Hall–Kier alpha value is -2.90. The topological polar surface area (TPSA) is 89.9 Å². The molecule has 2 atom stereocenters. The summed E-state index contributed by atoms with van der Waals surface area (Å²) in [6.45, 7) is 6.47. The fraction of sp³-hybridized carbons (Fsp3) is 0.364. The van der Waals surface area contributed by atoms with E-state index in [2.05, 4.69) is 10.3 Å². The zero-order chi connectivity index (χ0) is 21.1. The number of carbonyl (C=O) groups is 1. The first-order chi connectivity index (χ1) is 14.0. The molecule has 2 aromatic rings. The summed E-state index contributed by atoms with van der Waals surface area (Å²) in [7, 11) is 0. The maximum Gasteiger partial charge on any atom is 0.196 e. The Morgan fingerprint density at radius 1 is 1.24 bits per heavy atom. The summed E-state index contributed by atoms with van der Waals surface area (Å²) in [5.41, 5.74) is 1.17. The van der Waals surface area contributed by atoms with Crippen molar-refractivity contribution in [2.75, 3.05) is 19.8 Å². The average molecular weight is 400 g/mol. The monoisotopic (exact) mass is 400 g/mol. The smallest absolute Gasteiger partial charge is 0.196 e. The lowest BCUT2D eigenvalue weighted by Crippen LogP contribution is -2.30. The summed E-state index contributed by atoms with van der Waals surface area (Å²) in [6.07, 6.45) is 3.56. The van der Waals surface area contributed by atoms with Gasteiger partial charge in [0.05, 0.1) is 0 Å². The van der Waals surface area contributed by atoms with Gasteiger partial charge in [-0.15, -0.1) is 0 Å². The van der Waals surface area contributed by atoms with Gasteiger partial charge in [-0.1, -0.05) is 0 Å². The Morgan fingerprint density at radius 3 is 2.62 bits per heavy atom. The van der Waals surface area contributed by atoms with Crippen LogP contribution in [0.4, 0.5) is 0 Å². The second-order valence-corrected chi connectivity index (χ2v) is 6.39. The number of rotatable bonds is 12. The molecule has 0 radical (unpaired) electrons. The minimum atomic E-state index is -0.735. The van der Waals surface area contributed by atoms with E-state index in [1.807, 2.05) is 13.8 Å². The third-order valence-electron chi connectivity index (χ3n) is 3.88. The van der Waals surface area contributed by atoms with Crippen molar-refractivity contribution in [3.05, 3.63) is 66.1 Å². The number of hydrogen-bond donors (Lipinski definition) is 2. The summed E-state index contributed by atoms with van der Waals surface area (Å²) in [5, 5.41) is 13.1. The van der Waals surface area contributed by atoms with E-state index in [4.69, 9.17) is 14.2 Å². The van der Waals surface area contributed by atoms with Gasteiger partial charge in [-0.3, -0.25) is 9.78 Å². The fourth-order valence-corrected chi connectivity index (χ4v) is 2.44. The number of ether oxygens (including phenoxy) is 3. The summed E-state index contributed by atoms with van der Waals surface area (Å²) >= 11 is 0. The summed E-state index contributed by atoms with van der Waals surface area (Å²) in [4.78, 5) is 16.0. The van der Waals surface area contributed by atoms with Gasteiger partial charge < -0.3 is 24.6 Å². The summed E-state index contributed by atoms with van der Waals surface area (Å²) < 4.78 is 16.5. The second kappa shape index (κ2) is 11.8. The molecule has 1 heterocycles. The number of aliphatic hydroxyl groups is 1. The number of aliphatic hydroxyl groups excluding tert-OH is 1. The van der Waals surface area contributed by atoms with Crippen LogP contribution in [0.15, 0.2) is 60.6 Å². The Balaban J connectivity index is 1.73. The molecule has 0 saturated carbocycles. The lowest BCUT2D eigenvalue weighted by molar-refractivity contribution is -0.0613. The summed E-state index contributed by atoms with van der Waals surface area (Å²) in [5.74, 6) is 1.16. The SMILES string of the molecule is CCOC(C)Oc1ccc(OCC(O)CNC(C)=CC(=O)c2cccnc2)cc1. The van der Waals surface area contributed by atoms with Gasteiger partial charge in [0, 0.05) is 42.9 Å². The quantitative estimate of drug-likeness (QED) is 0.322. The van der Waals surface area contributed by atoms with E-state index < -0.39 is 6.10 Å². The van der Waals surface area contributed by atoms with Crippen LogP contribution in [-0.2, 0) is 4.74 Å². The predicted octanol–water partition coefficient (Wildman–Crippen LogP) is 2.96. The molecule has 0 aliphatic carbocycles. The van der Waals surface area contributed by atoms with E-state index in [1.165, 1.54) is 12.3 Å². The van der Waals surface area contributed by atoms with Crippen molar-refractivity contribution in [2.24, 2.45) is 0 Å². The van der Waals surface area contributed by atoms with Crippen LogP contribution in [-0.4, -0.2) is 48.0 Å². The number of nitrogens with zero attached hydrogens (tertiary/aromatic N) is 1. The standard InChI is InChI=1S/C22H28N2O5/c1-4-27-17(3)29-21-9-7-20(8-10-21)28-15-19(25)14-24-16(2)12-22(26)18-6-5-11-23-13-18/h5-13,17,19,24-25H,4,14-15H2,1-3H3. The Morgan fingerprint density at radius 2 is 1.97 bits per heavy atom. The number of carbonyl (C=O) groups excluding carboxylic acids is 1. The van der Waals surface area contributed by atoms with E-state index in [9.17, 15) is 9.90 Å². The van der Waals surface area contributed by atoms with Gasteiger partial charge in [-0.05, 0) is 57.2 Å². The molecule has 0 aliphatic rings. The first kappa shape index (κ1) is 22.4. The van der Waals surface area contributed by atoms with E-state index in [0.717, 1.165) is 0 Å². The fourth-order valence-electron chi connectivity index (χ4n) is 2.44. The van der Waals surface area contributed by atoms with Gasteiger partial charge in [0.15, 0.2) is 12.1 Å². The Labute approximate surface area is 171 Å². The van der Waals surface area contributed by atoms with Crippen molar-refractivity contribution in [3.8, 4) is 11.5 Å². The van der Waals surface area contributed by atoms with E-state index >= 15 is 0 Å². The highest BCUT2D eigenvalue weighted by Gasteiger charge is 2.08. The predicted molar refractivity (Wildman–Crippen MR) is 110 cm³/mol. The molecule has 0 amide bonds. The molecule has 2 unspecified atom stereocenters. The van der Waals surface area contributed by atoms with E-state index in [0.29, 0.717) is 29.4 Å². The van der Waals surface area contributed by atoms with Gasteiger partial charge >= 0.3 is 0 Å². The number of pyridine rings is 1. The summed E-state index contributed by atoms with van der Waals surface area (Å²) in [6, 6.07) is 10.5. The molecule has 1 aromatic heterocycles. The largest absolute Gasteiger partial charge is 0.491 e. The normalized spacial score (nSPS) is 13.4. The minimum Gasteiger partial charge on any atom is -0.491 e. The molecule has 29 heavy (non-hydrogen) atoms. The number of aromatic nitrogens is 1. The zero-order valence-electron chi connectivity index (χ0n) is 17.0. The van der Waals surface area contributed by atoms with Crippen molar-refractivity contribution < 1.29 is 24.1 Å². The highest BCUT2D eigenvalue weighted by Crippen LogP contribution is 2.19. The Bertz CT molecular complexity index is 778. The first-order valence-electron chi connectivity index (χ1n) is 9.53. The van der Waals surface area contributed by atoms with Gasteiger partial charge in [0.25, 0.3) is 0 Å². The maximum atomic E-state index is 12.1. The molecule has 7 heteroatoms. The van der Waals surface area contributed by atoms with Crippen molar-refractivity contribution >= 4 is 5.78 Å². The third kappa shape index (κ3) is 8.33. The van der Waals surface area contributed by atoms with Crippen LogP contribution in [0.2, 0.25) is 0 Å². The van der Waals surface area contributed by atoms with Crippen LogP contribution in [0.25, 0.3) is 0 Å². The molecule has 0 aliphatic heterocycles. The molecule has 2 N–H and O–H groups in total. The molecule has 2 rings (SSSR count). The van der Waals surface area contributed by atoms with Crippen LogP contribution in [0, 0.1) is 0 Å². The van der Waals surface area contributed by atoms with Crippen molar-refractivity contribution in [3.63, 3.8) is 0 Å². The molecule has 0 spiro atoms. The van der Waals surface area contributed by atoms with Crippen LogP contribution in [0.5, 0.6) is 11.5 Å². The number of ketones is 1. The zero-order valence-corrected chi connectivity index (χ0v) is 17.0. The molecule has 156 valence electrons. The molecular formula is C22H28N2O5. The maximum absolute atomic E-state index is 12.1. The van der Waals surface area contributed by atoms with E-state index in [1.54, 1.807) is 49.5 Å². The molecule has 7 nitrogen and oxygen atoms in total. The first-order valence-corrected chi connectivity index (χ1v) is 9.53. The number of benzene rings is 1. The van der Waals surface area contributed by atoms with Crippen LogP contribution < -0.4 is 14.8 Å². The minimum absolute atomic E-state index is 0.117. The lowest BCUT2D eigenvalue weighted by atomic mass is 10.1. The molecule has 1 aromatic carbocycles. The van der Waals surface area contributed by atoms with Crippen LogP contribution in [0.1, 0.15) is 31.1 Å². The molecule has 0 saturated heterocycles. The van der Waals surface area contributed by atoms with Crippen LogP contribution in [0.3, 0.4) is 0 Å². The van der Waals surface area contributed by atoms with Gasteiger partial charge in [0.2, 0.25) is 0 Å². The number of allylic oxidation sites excluding steroid dienone is 2. The van der Waals surface area contributed by atoms with Crippen LogP contribution >= 0.6 is 0 Å². The highest BCUT2D eigenvalue weighted by atomic mass is 16.7. The number of hydrogen-bond acceptors (Lipinski definition) is 7. The van der Waals surface area contributed by atoms with Crippen molar-refractivity contribution in [2.45, 2.75) is 33.2 Å². The van der Waals surface area contributed by atoms with Gasteiger partial charge in [0.1, 0.15) is 24.2 Å². The average Bonchev–Trinajstić information content (AvgIpc) is 2.72. The lowest BCUT2D eigenvalue weighted by Gasteiger charge is -2.16. The van der Waals surface area contributed by atoms with E-state index in [-0.39, 0.29) is 25.2 Å². The van der Waals surface area contributed by atoms with Gasteiger partial charge in [-0.2, -0.15) is 0 Å². The van der Waals surface area contributed by atoms with Gasteiger partial charge in [-0.25, -0.2) is 0 Å². The van der Waals surface area contributed by atoms with Crippen molar-refractivity contribution in [1.29, 1.82) is 0 Å². The molecular weight excluding hydrogens is 372 g/mol.